The Morgan fingerprint density at radius 2 is 1.30 bits per heavy atom. The average Bonchev–Trinajstić information content (AvgIpc) is 2.82. The maximum Gasteiger partial charge on any atom is 0.494 e. The molecule has 4 nitrogen and oxygen atoms in total. The molecular weight excluding hydrogens is 339 g/mol. The van der Waals surface area contributed by atoms with Gasteiger partial charge >= 0.3 is 7.12 Å². The monoisotopic (exact) mass is 368 g/mol. The molecule has 0 saturated carbocycles. The summed E-state index contributed by atoms with van der Waals surface area (Å²) in [6, 6.07) is 14.0. The predicted molar refractivity (Wildman–Crippen MR) is 109 cm³/mol. The minimum Gasteiger partial charge on any atom is -0.490 e. The summed E-state index contributed by atoms with van der Waals surface area (Å²) in [5.41, 5.74) is 2.60. The van der Waals surface area contributed by atoms with Crippen molar-refractivity contribution < 1.29 is 18.8 Å². The zero-order valence-corrected chi connectivity index (χ0v) is 17.2. The molecule has 1 heterocycles. The number of rotatable bonds is 6. The molecule has 2 aromatic carbocycles. The van der Waals surface area contributed by atoms with Crippen LogP contribution in [-0.4, -0.2) is 31.5 Å². The fourth-order valence-electron chi connectivity index (χ4n) is 3.03. The lowest BCUT2D eigenvalue weighted by Gasteiger charge is -2.32. The van der Waals surface area contributed by atoms with Gasteiger partial charge in [0.1, 0.15) is 24.7 Å². The van der Waals surface area contributed by atoms with Gasteiger partial charge in [-0.25, -0.2) is 0 Å². The summed E-state index contributed by atoms with van der Waals surface area (Å²) in [7, 11) is -0.351. The van der Waals surface area contributed by atoms with Gasteiger partial charge in [0.05, 0.1) is 11.2 Å². The lowest BCUT2D eigenvalue weighted by Crippen LogP contribution is -2.41. The Morgan fingerprint density at radius 3 is 1.85 bits per heavy atom. The van der Waals surface area contributed by atoms with Crippen LogP contribution in [0.5, 0.6) is 11.5 Å². The van der Waals surface area contributed by atoms with Gasteiger partial charge in [-0.2, -0.15) is 0 Å². The summed E-state index contributed by atoms with van der Waals surface area (Å²) in [6.45, 7) is 13.3. The van der Waals surface area contributed by atoms with Crippen LogP contribution in [0.2, 0.25) is 0 Å². The van der Waals surface area contributed by atoms with Crippen molar-refractivity contribution in [2.75, 3.05) is 13.2 Å². The first kappa shape index (κ1) is 19.8. The average molecular weight is 368 g/mol. The summed E-state index contributed by atoms with van der Waals surface area (Å²) < 4.78 is 23.8. The lowest BCUT2D eigenvalue weighted by atomic mass is 9.79. The minimum atomic E-state index is -0.351. The molecule has 1 aliphatic heterocycles. The van der Waals surface area contributed by atoms with E-state index in [-0.39, 0.29) is 18.3 Å². The Morgan fingerprint density at radius 1 is 0.778 bits per heavy atom. The van der Waals surface area contributed by atoms with Crippen molar-refractivity contribution in [3.05, 3.63) is 53.6 Å². The summed E-state index contributed by atoms with van der Waals surface area (Å²) in [5.74, 6) is 1.75. The maximum atomic E-state index is 6.08. The zero-order chi connectivity index (χ0) is 19.7. The molecule has 0 unspecified atom stereocenters. The van der Waals surface area contributed by atoms with E-state index in [2.05, 4.69) is 53.7 Å². The van der Waals surface area contributed by atoms with E-state index in [1.54, 1.807) is 0 Å². The van der Waals surface area contributed by atoms with E-state index in [1.165, 1.54) is 0 Å². The fourth-order valence-corrected chi connectivity index (χ4v) is 3.03. The molecular formula is C22H29BO4. The van der Waals surface area contributed by atoms with Crippen molar-refractivity contribution in [3.8, 4) is 11.5 Å². The van der Waals surface area contributed by atoms with E-state index in [4.69, 9.17) is 18.8 Å². The number of benzene rings is 2. The molecule has 5 heteroatoms. The Labute approximate surface area is 162 Å². The second kappa shape index (κ2) is 7.57. The van der Waals surface area contributed by atoms with Crippen LogP contribution in [0, 0.1) is 13.8 Å². The molecule has 0 aromatic heterocycles. The van der Waals surface area contributed by atoms with Crippen molar-refractivity contribution in [2.45, 2.75) is 52.7 Å². The SMILES string of the molecule is Cc1cccc(C)c1OCCOc1ccc(B2OC(C)(C)C(C)(C)O2)cc1. The molecule has 144 valence electrons. The smallest absolute Gasteiger partial charge is 0.490 e. The summed E-state index contributed by atoms with van der Waals surface area (Å²) in [5, 5.41) is 0. The van der Waals surface area contributed by atoms with E-state index in [0.29, 0.717) is 13.2 Å². The molecule has 1 aliphatic rings. The molecule has 0 N–H and O–H groups in total. The molecule has 0 aliphatic carbocycles. The molecule has 0 bridgehead atoms. The van der Waals surface area contributed by atoms with Crippen molar-refractivity contribution in [3.63, 3.8) is 0 Å². The van der Waals surface area contributed by atoms with Crippen LogP contribution in [0.15, 0.2) is 42.5 Å². The number of hydrogen-bond donors (Lipinski definition) is 0. The van der Waals surface area contributed by atoms with Crippen LogP contribution in [0.25, 0.3) is 0 Å². The van der Waals surface area contributed by atoms with Crippen LogP contribution in [0.1, 0.15) is 38.8 Å². The highest BCUT2D eigenvalue weighted by Crippen LogP contribution is 2.36. The molecule has 0 radical (unpaired) electrons. The first-order chi connectivity index (χ1) is 12.7. The van der Waals surface area contributed by atoms with Gasteiger partial charge in [0.15, 0.2) is 0 Å². The predicted octanol–water partition coefficient (Wildman–Crippen LogP) is 4.06. The van der Waals surface area contributed by atoms with Gasteiger partial charge in [-0.05, 0) is 70.3 Å². The van der Waals surface area contributed by atoms with Gasteiger partial charge in [0.25, 0.3) is 0 Å². The maximum absolute atomic E-state index is 6.08. The van der Waals surface area contributed by atoms with Gasteiger partial charge in [-0.15, -0.1) is 0 Å². The molecule has 0 amide bonds. The topological polar surface area (TPSA) is 36.9 Å². The third-order valence-corrected chi connectivity index (χ3v) is 5.41. The second-order valence-corrected chi connectivity index (χ2v) is 8.08. The number of aryl methyl sites for hydroxylation is 2. The van der Waals surface area contributed by atoms with Crippen LogP contribution in [0.3, 0.4) is 0 Å². The van der Waals surface area contributed by atoms with Gasteiger partial charge < -0.3 is 18.8 Å². The van der Waals surface area contributed by atoms with Crippen molar-refractivity contribution >= 4 is 12.6 Å². The molecule has 27 heavy (non-hydrogen) atoms. The normalized spacial score (nSPS) is 17.8. The van der Waals surface area contributed by atoms with Gasteiger partial charge in [-0.1, -0.05) is 30.3 Å². The highest BCUT2D eigenvalue weighted by atomic mass is 16.7. The van der Waals surface area contributed by atoms with E-state index < -0.39 is 0 Å². The highest BCUT2D eigenvalue weighted by molar-refractivity contribution is 6.62. The Hall–Kier alpha value is -1.98. The van der Waals surface area contributed by atoms with E-state index in [9.17, 15) is 0 Å². The molecule has 0 atom stereocenters. The molecule has 2 aromatic rings. The lowest BCUT2D eigenvalue weighted by molar-refractivity contribution is 0.00578. The molecule has 0 spiro atoms. The van der Waals surface area contributed by atoms with Crippen LogP contribution < -0.4 is 14.9 Å². The zero-order valence-electron chi connectivity index (χ0n) is 17.2. The minimum absolute atomic E-state index is 0.335. The standard InChI is InChI=1S/C22H29BO4/c1-16-8-7-9-17(2)20(16)25-15-14-24-19-12-10-18(11-13-19)23-26-21(3,4)22(5,6)27-23/h7-13H,14-15H2,1-6H3. The summed E-state index contributed by atoms with van der Waals surface area (Å²) in [4.78, 5) is 0. The molecule has 1 saturated heterocycles. The van der Waals surface area contributed by atoms with E-state index >= 15 is 0 Å². The summed E-state index contributed by atoms with van der Waals surface area (Å²) >= 11 is 0. The number of hydrogen-bond acceptors (Lipinski definition) is 4. The van der Waals surface area contributed by atoms with E-state index in [1.807, 2.05) is 30.3 Å². The number of para-hydroxylation sites is 1. The molecule has 1 fully saturated rings. The highest BCUT2D eigenvalue weighted by Gasteiger charge is 2.51. The third kappa shape index (κ3) is 4.31. The van der Waals surface area contributed by atoms with Gasteiger partial charge in [0.2, 0.25) is 0 Å². The quantitative estimate of drug-likeness (QED) is 0.569. The van der Waals surface area contributed by atoms with Gasteiger partial charge in [0, 0.05) is 0 Å². The van der Waals surface area contributed by atoms with E-state index in [0.717, 1.165) is 28.1 Å². The third-order valence-electron chi connectivity index (χ3n) is 5.41. The Kier molecular flexibility index (Phi) is 5.54. The second-order valence-electron chi connectivity index (χ2n) is 8.08. The van der Waals surface area contributed by atoms with Crippen molar-refractivity contribution in [1.29, 1.82) is 0 Å². The molecule has 3 rings (SSSR count). The van der Waals surface area contributed by atoms with Crippen LogP contribution in [0.4, 0.5) is 0 Å². The summed E-state index contributed by atoms with van der Waals surface area (Å²) in [6.07, 6.45) is 0. The fraction of sp³-hybridized carbons (Fsp3) is 0.455. The van der Waals surface area contributed by atoms with Gasteiger partial charge in [-0.3, -0.25) is 0 Å². The Bertz CT molecular complexity index is 747. The Balaban J connectivity index is 1.52. The first-order valence-electron chi connectivity index (χ1n) is 9.47. The number of ether oxygens (including phenoxy) is 2. The van der Waals surface area contributed by atoms with Crippen LogP contribution in [-0.2, 0) is 9.31 Å². The van der Waals surface area contributed by atoms with Crippen molar-refractivity contribution in [1.82, 2.24) is 0 Å². The van der Waals surface area contributed by atoms with Crippen LogP contribution >= 0.6 is 0 Å². The van der Waals surface area contributed by atoms with Crippen molar-refractivity contribution in [2.24, 2.45) is 0 Å². The first-order valence-corrected chi connectivity index (χ1v) is 9.47. The largest absolute Gasteiger partial charge is 0.494 e.